The van der Waals surface area contributed by atoms with Crippen LogP contribution in [0.5, 0.6) is 0 Å². The highest BCUT2D eigenvalue weighted by atomic mass is 32.1. The lowest BCUT2D eigenvalue weighted by molar-refractivity contribution is 0.0960. The number of hydrogen-bond donors (Lipinski definition) is 1. The summed E-state index contributed by atoms with van der Waals surface area (Å²) in [5.41, 5.74) is 1.07. The minimum atomic E-state index is -0.306. The maximum absolute atomic E-state index is 12.9. The average Bonchev–Trinajstić information content (AvgIpc) is 3.05. The number of Topliss-reactive ketones (excluding diaryl/α,β-unsaturated/α-hetero) is 2. The lowest BCUT2D eigenvalue weighted by Gasteiger charge is -2.14. The zero-order chi connectivity index (χ0) is 16.9. The molecule has 5 heteroatoms. The van der Waals surface area contributed by atoms with Gasteiger partial charge in [-0.25, -0.2) is 0 Å². The van der Waals surface area contributed by atoms with Gasteiger partial charge in [0.15, 0.2) is 16.7 Å². The van der Waals surface area contributed by atoms with Crippen LogP contribution in [0.1, 0.15) is 20.7 Å². The molecule has 24 heavy (non-hydrogen) atoms. The standard InChI is InChI=1S/C19H16N2O2S/c22-17(14-7-3-1-4-8-14)16(13-21-12-11-20-19(21)24)18(23)15-9-5-2-6-10-15/h1-10,13H,11-12H2,(H,20,24). The first-order valence-electron chi connectivity index (χ1n) is 7.62. The normalized spacial score (nSPS) is 13.3. The van der Waals surface area contributed by atoms with Crippen LogP contribution in [-0.2, 0) is 0 Å². The third-order valence-electron chi connectivity index (χ3n) is 3.74. The molecule has 0 radical (unpaired) electrons. The fourth-order valence-electron chi connectivity index (χ4n) is 2.48. The van der Waals surface area contributed by atoms with Gasteiger partial charge in [-0.05, 0) is 12.2 Å². The van der Waals surface area contributed by atoms with E-state index in [4.69, 9.17) is 12.2 Å². The highest BCUT2D eigenvalue weighted by Gasteiger charge is 2.24. The van der Waals surface area contributed by atoms with E-state index < -0.39 is 0 Å². The van der Waals surface area contributed by atoms with Crippen LogP contribution in [0.25, 0.3) is 0 Å². The molecule has 1 saturated heterocycles. The first kappa shape index (κ1) is 16.1. The molecule has 0 aliphatic carbocycles. The van der Waals surface area contributed by atoms with Crippen molar-refractivity contribution in [2.75, 3.05) is 13.1 Å². The van der Waals surface area contributed by atoms with Crippen LogP contribution in [0, 0.1) is 0 Å². The van der Waals surface area contributed by atoms with Gasteiger partial charge in [0.25, 0.3) is 0 Å². The topological polar surface area (TPSA) is 49.4 Å². The average molecular weight is 336 g/mol. The van der Waals surface area contributed by atoms with Crippen molar-refractivity contribution in [3.8, 4) is 0 Å². The van der Waals surface area contributed by atoms with Crippen LogP contribution in [0.4, 0.5) is 0 Å². The Morgan fingerprint density at radius 2 is 1.42 bits per heavy atom. The molecule has 0 saturated carbocycles. The fourth-order valence-corrected chi connectivity index (χ4v) is 2.72. The summed E-state index contributed by atoms with van der Waals surface area (Å²) in [6, 6.07) is 17.6. The number of benzene rings is 2. The van der Waals surface area contributed by atoms with Crippen molar-refractivity contribution in [2.24, 2.45) is 0 Å². The van der Waals surface area contributed by atoms with Gasteiger partial charge in [0, 0.05) is 30.4 Å². The summed E-state index contributed by atoms with van der Waals surface area (Å²) >= 11 is 5.21. The Hall–Kier alpha value is -2.79. The predicted octanol–water partition coefficient (Wildman–Crippen LogP) is 2.83. The molecule has 120 valence electrons. The highest BCUT2D eigenvalue weighted by molar-refractivity contribution is 7.80. The van der Waals surface area contributed by atoms with Crippen molar-refractivity contribution in [3.63, 3.8) is 0 Å². The van der Waals surface area contributed by atoms with Gasteiger partial charge in [-0.1, -0.05) is 60.7 Å². The number of nitrogens with zero attached hydrogens (tertiary/aromatic N) is 1. The van der Waals surface area contributed by atoms with Gasteiger partial charge in [0.2, 0.25) is 0 Å². The van der Waals surface area contributed by atoms with E-state index in [0.717, 1.165) is 0 Å². The fraction of sp³-hybridized carbons (Fsp3) is 0.105. The Bertz CT molecular complexity index is 747. The van der Waals surface area contributed by atoms with Crippen molar-refractivity contribution in [1.82, 2.24) is 10.2 Å². The molecule has 2 aromatic carbocycles. The van der Waals surface area contributed by atoms with Crippen LogP contribution in [-0.4, -0.2) is 34.7 Å². The first-order valence-corrected chi connectivity index (χ1v) is 8.03. The van der Waals surface area contributed by atoms with Gasteiger partial charge in [-0.2, -0.15) is 0 Å². The van der Waals surface area contributed by atoms with E-state index in [-0.39, 0.29) is 17.1 Å². The molecule has 1 heterocycles. The smallest absolute Gasteiger partial charge is 0.198 e. The molecule has 0 atom stereocenters. The number of nitrogens with one attached hydrogen (secondary N) is 1. The Balaban J connectivity index is 2.01. The lowest BCUT2D eigenvalue weighted by atomic mass is 9.96. The van der Waals surface area contributed by atoms with E-state index in [1.165, 1.54) is 0 Å². The second kappa shape index (κ2) is 7.19. The number of rotatable bonds is 5. The maximum Gasteiger partial charge on any atom is 0.198 e. The summed E-state index contributed by atoms with van der Waals surface area (Å²) in [6.07, 6.45) is 1.56. The van der Waals surface area contributed by atoms with Crippen LogP contribution in [0.15, 0.2) is 72.4 Å². The third kappa shape index (κ3) is 3.41. The second-order valence-electron chi connectivity index (χ2n) is 5.36. The summed E-state index contributed by atoms with van der Waals surface area (Å²) in [4.78, 5) is 27.5. The van der Waals surface area contributed by atoms with Gasteiger partial charge in [0.05, 0.1) is 5.57 Å². The van der Waals surface area contributed by atoms with Crippen LogP contribution in [0.3, 0.4) is 0 Å². The van der Waals surface area contributed by atoms with Crippen molar-refractivity contribution >= 4 is 28.9 Å². The van der Waals surface area contributed by atoms with E-state index >= 15 is 0 Å². The minimum absolute atomic E-state index is 0.110. The van der Waals surface area contributed by atoms with Crippen molar-refractivity contribution in [2.45, 2.75) is 0 Å². The van der Waals surface area contributed by atoms with Gasteiger partial charge in [0.1, 0.15) is 0 Å². The molecule has 1 aliphatic rings. The Labute approximate surface area is 145 Å². The number of ketones is 2. The number of carbonyl (C=O) groups excluding carboxylic acids is 2. The predicted molar refractivity (Wildman–Crippen MR) is 96.9 cm³/mol. The molecular weight excluding hydrogens is 320 g/mol. The lowest BCUT2D eigenvalue weighted by Crippen LogP contribution is -2.25. The molecule has 0 spiro atoms. The number of carbonyl (C=O) groups is 2. The zero-order valence-electron chi connectivity index (χ0n) is 12.9. The van der Waals surface area contributed by atoms with E-state index in [9.17, 15) is 9.59 Å². The van der Waals surface area contributed by atoms with Crippen molar-refractivity contribution in [1.29, 1.82) is 0 Å². The summed E-state index contributed by atoms with van der Waals surface area (Å²) in [5.74, 6) is -0.613. The summed E-state index contributed by atoms with van der Waals surface area (Å²) in [6.45, 7) is 1.33. The zero-order valence-corrected chi connectivity index (χ0v) is 13.8. The monoisotopic (exact) mass is 336 g/mol. The minimum Gasteiger partial charge on any atom is -0.360 e. The summed E-state index contributed by atoms with van der Waals surface area (Å²) in [7, 11) is 0. The SMILES string of the molecule is O=C(C(=CN1CCNC1=S)C(=O)c1ccccc1)c1ccccc1. The van der Waals surface area contributed by atoms with Crippen LogP contribution in [0.2, 0.25) is 0 Å². The Morgan fingerprint density at radius 1 is 0.917 bits per heavy atom. The molecule has 1 fully saturated rings. The third-order valence-corrected chi connectivity index (χ3v) is 4.11. The van der Waals surface area contributed by atoms with Crippen LogP contribution < -0.4 is 5.32 Å². The molecule has 0 unspecified atom stereocenters. The molecule has 0 amide bonds. The van der Waals surface area contributed by atoms with Gasteiger partial charge < -0.3 is 10.2 Å². The van der Waals surface area contributed by atoms with Gasteiger partial charge >= 0.3 is 0 Å². The van der Waals surface area contributed by atoms with Crippen molar-refractivity contribution < 1.29 is 9.59 Å². The molecule has 4 nitrogen and oxygen atoms in total. The highest BCUT2D eigenvalue weighted by Crippen LogP contribution is 2.16. The van der Waals surface area contributed by atoms with E-state index in [2.05, 4.69) is 5.32 Å². The summed E-state index contributed by atoms with van der Waals surface area (Å²) in [5, 5.41) is 3.54. The Morgan fingerprint density at radius 3 is 1.83 bits per heavy atom. The molecular formula is C19H16N2O2S. The van der Waals surface area contributed by atoms with Crippen molar-refractivity contribution in [3.05, 3.63) is 83.6 Å². The number of allylic oxidation sites excluding steroid dienone is 1. The second-order valence-corrected chi connectivity index (χ2v) is 5.75. The number of hydrogen-bond acceptors (Lipinski definition) is 3. The van der Waals surface area contributed by atoms with E-state index in [0.29, 0.717) is 29.3 Å². The van der Waals surface area contributed by atoms with E-state index in [1.54, 1.807) is 59.6 Å². The van der Waals surface area contributed by atoms with E-state index in [1.807, 2.05) is 12.1 Å². The quantitative estimate of drug-likeness (QED) is 0.299. The Kier molecular flexibility index (Phi) is 4.82. The molecule has 0 bridgehead atoms. The molecule has 3 rings (SSSR count). The molecule has 2 aromatic rings. The number of thiocarbonyl (C=S) groups is 1. The van der Waals surface area contributed by atoms with Gasteiger partial charge in [-0.3, -0.25) is 9.59 Å². The maximum atomic E-state index is 12.9. The molecule has 0 aromatic heterocycles. The van der Waals surface area contributed by atoms with Gasteiger partial charge in [-0.15, -0.1) is 0 Å². The first-order chi connectivity index (χ1) is 11.7. The largest absolute Gasteiger partial charge is 0.360 e. The summed E-state index contributed by atoms with van der Waals surface area (Å²) < 4.78 is 0. The molecule has 1 aliphatic heterocycles. The van der Waals surface area contributed by atoms with Crippen LogP contribution >= 0.6 is 12.2 Å². The molecule has 1 N–H and O–H groups in total.